The molecule has 0 aliphatic carbocycles. The maximum Gasteiger partial charge on any atom is 0.417 e. The third kappa shape index (κ3) is 13.3. The average Bonchev–Trinajstić information content (AvgIpc) is 3.17. The van der Waals surface area contributed by atoms with E-state index in [4.69, 9.17) is 62.8 Å². The van der Waals surface area contributed by atoms with E-state index >= 15 is 0 Å². The second-order valence-electron chi connectivity index (χ2n) is 11.9. The molecule has 0 spiro atoms. The van der Waals surface area contributed by atoms with Gasteiger partial charge in [0, 0.05) is 73.5 Å². The number of aromatic nitrogens is 2. The lowest BCUT2D eigenvalue weighted by Crippen LogP contribution is -2.17. The van der Waals surface area contributed by atoms with Crippen LogP contribution in [0.15, 0.2) is 132 Å². The Labute approximate surface area is 367 Å². The van der Waals surface area contributed by atoms with Gasteiger partial charge in [-0.15, -0.1) is 0 Å². The van der Waals surface area contributed by atoms with Crippen LogP contribution in [0.4, 0.5) is 37.7 Å². The summed E-state index contributed by atoms with van der Waals surface area (Å²) >= 11 is 22.5. The number of nitrogen functional groups attached to an aromatic ring is 1. The van der Waals surface area contributed by atoms with E-state index < -0.39 is 68.2 Å². The molecule has 2 aromatic heterocycles. The fraction of sp³-hybridized carbons (Fsp3) is 0.0526. The van der Waals surface area contributed by atoms with Crippen molar-refractivity contribution in [3.05, 3.63) is 175 Å². The van der Waals surface area contributed by atoms with Crippen molar-refractivity contribution in [1.29, 1.82) is 0 Å². The van der Waals surface area contributed by atoms with E-state index in [0.29, 0.717) is 34.0 Å². The average molecular weight is 987 g/mol. The molecule has 0 radical (unpaired) electrons. The smallest absolute Gasteiger partial charge is 0.398 e. The summed E-state index contributed by atoms with van der Waals surface area (Å²) in [6.45, 7) is 0. The van der Waals surface area contributed by atoms with Gasteiger partial charge in [0.2, 0.25) is 0 Å². The Hall–Kier alpha value is -4.95. The number of nitrogens with two attached hydrogens (primary N) is 1. The molecule has 23 heteroatoms. The summed E-state index contributed by atoms with van der Waals surface area (Å²) in [6.07, 6.45) is -3.65. The van der Waals surface area contributed by atoms with Crippen LogP contribution in [0, 0.1) is 0 Å². The van der Waals surface area contributed by atoms with E-state index in [2.05, 4.69) is 14.7 Å². The number of anilines is 2. The number of hydrogen-bond donors (Lipinski definition) is 2. The number of rotatable bonds is 8. The summed E-state index contributed by atoms with van der Waals surface area (Å²) in [5.74, 6) is -0.657. The molecule has 6 rings (SSSR count). The Balaban J connectivity index is 0.000000222. The number of pyridine rings is 2. The lowest BCUT2D eigenvalue weighted by Gasteiger charge is -2.15. The molecule has 0 fully saturated rings. The van der Waals surface area contributed by atoms with Crippen LogP contribution in [0.2, 0.25) is 20.1 Å². The number of benzene rings is 4. The highest BCUT2D eigenvalue weighted by molar-refractivity contribution is 8.13. The Morgan fingerprint density at radius 2 is 0.967 bits per heavy atom. The van der Waals surface area contributed by atoms with Crippen molar-refractivity contribution in [1.82, 2.24) is 9.97 Å². The van der Waals surface area contributed by atoms with Crippen molar-refractivity contribution in [2.24, 2.45) is 0 Å². The van der Waals surface area contributed by atoms with Crippen LogP contribution < -0.4 is 10.5 Å². The molecule has 0 amide bonds. The summed E-state index contributed by atoms with van der Waals surface area (Å²) in [6, 6.07) is 19.2. The molecular formula is C38H23Cl5F6N4O6S2. The Morgan fingerprint density at radius 3 is 1.41 bits per heavy atom. The zero-order chi connectivity index (χ0) is 45.5. The van der Waals surface area contributed by atoms with Gasteiger partial charge < -0.3 is 5.73 Å². The molecule has 10 nitrogen and oxygen atoms in total. The Bertz CT molecular complexity index is 2810. The van der Waals surface area contributed by atoms with Gasteiger partial charge in [0.25, 0.3) is 19.1 Å². The molecule has 3 N–H and O–H groups in total. The van der Waals surface area contributed by atoms with Crippen LogP contribution >= 0.6 is 57.1 Å². The number of nitrogens with zero attached hydrogens (tertiary/aromatic N) is 2. The van der Waals surface area contributed by atoms with Gasteiger partial charge in [0.05, 0.1) is 36.7 Å². The molecule has 6 aromatic rings. The molecule has 0 atom stereocenters. The number of alkyl halides is 6. The largest absolute Gasteiger partial charge is 0.417 e. The van der Waals surface area contributed by atoms with Crippen LogP contribution in [0.3, 0.4) is 0 Å². The second-order valence-corrected chi connectivity index (χ2v) is 17.8. The van der Waals surface area contributed by atoms with Crippen molar-refractivity contribution >= 4 is 99.1 Å². The fourth-order valence-electron chi connectivity index (χ4n) is 4.82. The highest BCUT2D eigenvalue weighted by atomic mass is 35.7. The lowest BCUT2D eigenvalue weighted by atomic mass is 10.0. The van der Waals surface area contributed by atoms with E-state index in [9.17, 15) is 52.8 Å². The first-order valence-corrected chi connectivity index (χ1v) is 21.5. The van der Waals surface area contributed by atoms with Crippen molar-refractivity contribution in [2.75, 3.05) is 10.5 Å². The number of halogens is 11. The van der Waals surface area contributed by atoms with E-state index in [1.807, 2.05) is 0 Å². The molecule has 0 bridgehead atoms. The normalized spacial score (nSPS) is 11.7. The molecule has 2 heterocycles. The minimum absolute atomic E-state index is 0.0424. The van der Waals surface area contributed by atoms with Crippen LogP contribution in [-0.4, -0.2) is 38.4 Å². The monoisotopic (exact) mass is 984 g/mol. The number of carbonyl (C=O) groups excluding carboxylic acids is 2. The van der Waals surface area contributed by atoms with Gasteiger partial charge in [0.1, 0.15) is 0 Å². The minimum Gasteiger partial charge on any atom is -0.398 e. The Kier molecular flexibility index (Phi) is 15.8. The van der Waals surface area contributed by atoms with E-state index in [0.717, 1.165) is 24.3 Å². The molecule has 0 saturated heterocycles. The van der Waals surface area contributed by atoms with Gasteiger partial charge in [0.15, 0.2) is 11.6 Å². The standard InChI is InChI=1S/C19H11Cl2F3N2O3S.C12H9ClN2O.C7H3Cl2F3O2S/c20-12-1-3-14(18(27)11-5-7-25-8-6-11)17(9-12)26-30(28,29)13-2-4-16(21)15(10-13)19(22,23)24;13-9-1-2-10(11(14)7-9)12(16)8-3-5-15-6-4-8;8-6-2-1-4(15(9,13)14)3-5(6)7(10,11)12/h1-10,26H;1-7H,14H2;1-3H. The van der Waals surface area contributed by atoms with Gasteiger partial charge in [-0.3, -0.25) is 24.3 Å². The second kappa shape index (κ2) is 19.8. The van der Waals surface area contributed by atoms with Crippen LogP contribution in [0.1, 0.15) is 43.0 Å². The first kappa shape index (κ1) is 48.7. The van der Waals surface area contributed by atoms with Gasteiger partial charge in [-0.25, -0.2) is 16.8 Å². The van der Waals surface area contributed by atoms with Crippen molar-refractivity contribution in [3.8, 4) is 0 Å². The highest BCUT2D eigenvalue weighted by Crippen LogP contribution is 2.38. The number of hydrogen-bond acceptors (Lipinski definition) is 9. The van der Waals surface area contributed by atoms with E-state index in [1.165, 1.54) is 42.7 Å². The van der Waals surface area contributed by atoms with Crippen molar-refractivity contribution in [2.45, 2.75) is 22.1 Å². The number of ketones is 2. The number of nitrogens with one attached hydrogen (secondary N) is 1. The summed E-state index contributed by atoms with van der Waals surface area (Å²) in [7, 11) is -3.79. The summed E-state index contributed by atoms with van der Waals surface area (Å²) in [5, 5.41) is -0.584. The van der Waals surface area contributed by atoms with E-state index in [1.54, 1.807) is 42.7 Å². The summed E-state index contributed by atoms with van der Waals surface area (Å²) < 4.78 is 125. The predicted octanol–water partition coefficient (Wildman–Crippen LogP) is 11.3. The first-order valence-electron chi connectivity index (χ1n) is 16.2. The Morgan fingerprint density at radius 1 is 0.557 bits per heavy atom. The molecule has 0 aliphatic heterocycles. The molecule has 61 heavy (non-hydrogen) atoms. The molecule has 0 saturated carbocycles. The van der Waals surface area contributed by atoms with Crippen LogP contribution in [-0.2, 0) is 31.4 Å². The van der Waals surface area contributed by atoms with Crippen LogP contribution in [0.5, 0.6) is 0 Å². The fourth-order valence-corrected chi connectivity index (χ4v) is 7.50. The summed E-state index contributed by atoms with van der Waals surface area (Å²) in [5.41, 5.74) is 4.61. The minimum atomic E-state index is -4.85. The van der Waals surface area contributed by atoms with Gasteiger partial charge in [-0.05, 0) is 97.1 Å². The molecule has 0 aliphatic rings. The topological polar surface area (TPSA) is 166 Å². The van der Waals surface area contributed by atoms with Gasteiger partial charge in [-0.1, -0.05) is 46.4 Å². The number of sulfonamides is 1. The molecular weight excluding hydrogens is 964 g/mol. The molecule has 0 unspecified atom stereocenters. The maximum atomic E-state index is 13.1. The SMILES string of the molecule is Nc1cc(Cl)ccc1C(=O)c1ccncc1.O=C(c1ccncc1)c1ccc(Cl)cc1NS(=O)(=O)c1ccc(Cl)c(C(F)(F)F)c1.O=S(=O)(Cl)c1ccc(Cl)c(C(F)(F)F)c1. The van der Waals surface area contributed by atoms with Crippen LogP contribution in [0.25, 0.3) is 0 Å². The van der Waals surface area contributed by atoms with Gasteiger partial charge in [-0.2, -0.15) is 26.3 Å². The predicted molar refractivity (Wildman–Crippen MR) is 219 cm³/mol. The third-order valence-electron chi connectivity index (χ3n) is 7.69. The molecule has 320 valence electrons. The number of carbonyl (C=O) groups is 2. The lowest BCUT2D eigenvalue weighted by molar-refractivity contribution is -0.138. The van der Waals surface area contributed by atoms with Crippen molar-refractivity contribution < 1.29 is 52.8 Å². The zero-order valence-electron chi connectivity index (χ0n) is 29.9. The summed E-state index contributed by atoms with van der Waals surface area (Å²) in [4.78, 5) is 31.1. The van der Waals surface area contributed by atoms with Crippen molar-refractivity contribution in [3.63, 3.8) is 0 Å². The molecule has 4 aromatic carbocycles. The third-order valence-corrected chi connectivity index (χ3v) is 11.5. The van der Waals surface area contributed by atoms with Gasteiger partial charge >= 0.3 is 12.4 Å². The maximum absolute atomic E-state index is 13.1. The zero-order valence-corrected chi connectivity index (χ0v) is 35.4. The highest BCUT2D eigenvalue weighted by Gasteiger charge is 2.35. The first-order chi connectivity index (χ1) is 28.3. The van der Waals surface area contributed by atoms with E-state index in [-0.39, 0.29) is 27.6 Å². The quantitative estimate of drug-likeness (QED) is 0.0653.